The van der Waals surface area contributed by atoms with Crippen molar-refractivity contribution < 1.29 is 9.32 Å². The van der Waals surface area contributed by atoms with E-state index in [-0.39, 0.29) is 11.9 Å². The third-order valence-electron chi connectivity index (χ3n) is 5.39. The van der Waals surface area contributed by atoms with Gasteiger partial charge in [0.05, 0.1) is 12.2 Å². The van der Waals surface area contributed by atoms with E-state index in [1.165, 1.54) is 5.56 Å². The topological polar surface area (TPSA) is 89.9 Å². The van der Waals surface area contributed by atoms with Crippen LogP contribution in [-0.2, 0) is 6.42 Å². The minimum atomic E-state index is 0.0961. The molecule has 8 nitrogen and oxygen atoms in total. The molecule has 1 aliphatic rings. The zero-order valence-electron chi connectivity index (χ0n) is 16.4. The van der Waals surface area contributed by atoms with Gasteiger partial charge < -0.3 is 9.42 Å². The molecule has 2 aromatic heterocycles. The highest BCUT2D eigenvalue weighted by atomic mass is 16.5. The highest BCUT2D eigenvalue weighted by Gasteiger charge is 2.26. The Bertz CT molecular complexity index is 984. The Morgan fingerprint density at radius 2 is 2.00 bits per heavy atom. The maximum Gasteiger partial charge on any atom is 0.280 e. The summed E-state index contributed by atoms with van der Waals surface area (Å²) in [7, 11) is 0. The monoisotopic (exact) mass is 380 g/mol. The van der Waals surface area contributed by atoms with Gasteiger partial charge in [0.1, 0.15) is 0 Å². The van der Waals surface area contributed by atoms with Crippen LogP contribution in [0.15, 0.2) is 28.9 Å². The van der Waals surface area contributed by atoms with E-state index in [1.54, 1.807) is 0 Å². The number of rotatable bonds is 4. The maximum absolute atomic E-state index is 12.8. The summed E-state index contributed by atoms with van der Waals surface area (Å²) in [5, 5.41) is 12.3. The highest BCUT2D eigenvalue weighted by molar-refractivity contribution is 5.94. The Morgan fingerprint density at radius 3 is 2.68 bits per heavy atom. The van der Waals surface area contributed by atoms with Crippen molar-refractivity contribution in [2.24, 2.45) is 0 Å². The number of carbonyl (C=O) groups is 1. The average Bonchev–Trinajstić information content (AvgIpc) is 3.39. The molecule has 0 atom stereocenters. The summed E-state index contributed by atoms with van der Waals surface area (Å²) in [6, 6.07) is 6.10. The third-order valence-corrected chi connectivity index (χ3v) is 5.39. The molecular formula is C20H24N6O2. The van der Waals surface area contributed by atoms with E-state index < -0.39 is 0 Å². The Morgan fingerprint density at radius 1 is 1.21 bits per heavy atom. The van der Waals surface area contributed by atoms with Gasteiger partial charge in [0.15, 0.2) is 11.5 Å². The van der Waals surface area contributed by atoms with Crippen LogP contribution >= 0.6 is 0 Å². The number of benzene rings is 1. The van der Waals surface area contributed by atoms with Crippen LogP contribution in [0, 0.1) is 13.8 Å². The van der Waals surface area contributed by atoms with Crippen LogP contribution in [0.3, 0.4) is 0 Å². The molecule has 0 bridgehead atoms. The summed E-state index contributed by atoms with van der Waals surface area (Å²) in [5.74, 6) is 1.15. The largest absolute Gasteiger partial charge is 0.338 e. The number of hydrogen-bond acceptors (Lipinski definition) is 6. The zero-order chi connectivity index (χ0) is 19.7. The van der Waals surface area contributed by atoms with E-state index in [0.29, 0.717) is 36.9 Å². The molecule has 1 fully saturated rings. The number of nitrogens with zero attached hydrogens (tertiary/aromatic N) is 6. The molecule has 146 valence electrons. The number of likely N-dealkylation sites (tertiary alicyclic amines) is 1. The number of aryl methyl sites for hydroxylation is 3. The van der Waals surface area contributed by atoms with Crippen LogP contribution in [0.2, 0.25) is 0 Å². The van der Waals surface area contributed by atoms with E-state index in [2.05, 4.69) is 27.4 Å². The molecule has 0 unspecified atom stereocenters. The van der Waals surface area contributed by atoms with E-state index in [0.717, 1.165) is 24.0 Å². The predicted molar refractivity (Wildman–Crippen MR) is 103 cm³/mol. The molecule has 0 spiro atoms. The smallest absolute Gasteiger partial charge is 0.280 e. The summed E-state index contributed by atoms with van der Waals surface area (Å²) in [4.78, 5) is 19.0. The van der Waals surface area contributed by atoms with Gasteiger partial charge in [-0.3, -0.25) is 4.79 Å². The van der Waals surface area contributed by atoms with Crippen molar-refractivity contribution in [2.45, 2.75) is 46.1 Å². The van der Waals surface area contributed by atoms with Gasteiger partial charge in [0.25, 0.3) is 11.8 Å². The molecule has 28 heavy (non-hydrogen) atoms. The first kappa shape index (κ1) is 18.3. The molecule has 3 heterocycles. The van der Waals surface area contributed by atoms with Crippen LogP contribution in [0.5, 0.6) is 0 Å². The van der Waals surface area contributed by atoms with Crippen molar-refractivity contribution >= 4 is 5.91 Å². The lowest BCUT2D eigenvalue weighted by molar-refractivity contribution is 0.0689. The van der Waals surface area contributed by atoms with Crippen LogP contribution in [0.4, 0.5) is 0 Å². The van der Waals surface area contributed by atoms with Crippen LogP contribution < -0.4 is 0 Å². The first-order valence-corrected chi connectivity index (χ1v) is 9.66. The summed E-state index contributed by atoms with van der Waals surface area (Å²) in [5.41, 5.74) is 3.68. The standard InChI is InChI=1S/C20H24N6O2/c1-4-18-21-19(28-23-18)17-12-26(24-22-17)16-7-9-25(10-8-16)20(27)15-6-5-13(2)14(3)11-15/h5-6,11-12,16H,4,7-10H2,1-3H3. The van der Waals surface area contributed by atoms with Gasteiger partial charge in [-0.25, -0.2) is 4.68 Å². The van der Waals surface area contributed by atoms with Gasteiger partial charge in [-0.05, 0) is 49.9 Å². The second kappa shape index (κ2) is 7.53. The van der Waals surface area contributed by atoms with Crippen molar-refractivity contribution in [3.05, 3.63) is 46.9 Å². The lowest BCUT2D eigenvalue weighted by Crippen LogP contribution is -2.39. The van der Waals surface area contributed by atoms with Crippen molar-refractivity contribution in [1.82, 2.24) is 30.0 Å². The van der Waals surface area contributed by atoms with Gasteiger partial charge >= 0.3 is 0 Å². The van der Waals surface area contributed by atoms with Gasteiger partial charge in [-0.2, -0.15) is 4.98 Å². The Labute approximate surface area is 163 Å². The quantitative estimate of drug-likeness (QED) is 0.691. The fraction of sp³-hybridized carbons (Fsp3) is 0.450. The summed E-state index contributed by atoms with van der Waals surface area (Å²) >= 11 is 0. The summed E-state index contributed by atoms with van der Waals surface area (Å²) < 4.78 is 7.08. The second-order valence-corrected chi connectivity index (χ2v) is 7.28. The minimum Gasteiger partial charge on any atom is -0.338 e. The lowest BCUT2D eigenvalue weighted by Gasteiger charge is -2.32. The molecule has 1 saturated heterocycles. The van der Waals surface area contributed by atoms with Gasteiger partial charge in [0, 0.05) is 25.1 Å². The second-order valence-electron chi connectivity index (χ2n) is 7.28. The maximum atomic E-state index is 12.8. The lowest BCUT2D eigenvalue weighted by atomic mass is 10.0. The van der Waals surface area contributed by atoms with Crippen molar-refractivity contribution in [1.29, 1.82) is 0 Å². The fourth-order valence-corrected chi connectivity index (χ4v) is 3.45. The number of carbonyl (C=O) groups excluding carboxylic acids is 1. The molecule has 1 aromatic carbocycles. The molecule has 0 N–H and O–H groups in total. The first-order valence-electron chi connectivity index (χ1n) is 9.66. The predicted octanol–water partition coefficient (Wildman–Crippen LogP) is 2.98. The Hall–Kier alpha value is -3.03. The average molecular weight is 380 g/mol. The first-order chi connectivity index (χ1) is 13.5. The van der Waals surface area contributed by atoms with Gasteiger partial charge in [-0.15, -0.1) is 5.10 Å². The van der Waals surface area contributed by atoms with E-state index in [9.17, 15) is 4.79 Å². The van der Waals surface area contributed by atoms with E-state index in [4.69, 9.17) is 4.52 Å². The van der Waals surface area contributed by atoms with E-state index >= 15 is 0 Å². The van der Waals surface area contributed by atoms with E-state index in [1.807, 2.05) is 47.8 Å². The zero-order valence-corrected chi connectivity index (χ0v) is 16.4. The van der Waals surface area contributed by atoms with Gasteiger partial charge in [-0.1, -0.05) is 23.4 Å². The van der Waals surface area contributed by atoms with Crippen molar-refractivity contribution in [3.63, 3.8) is 0 Å². The normalized spacial score (nSPS) is 15.2. The molecule has 0 saturated carbocycles. The minimum absolute atomic E-state index is 0.0961. The molecule has 0 radical (unpaired) electrons. The van der Waals surface area contributed by atoms with Crippen molar-refractivity contribution in [3.8, 4) is 11.6 Å². The van der Waals surface area contributed by atoms with Crippen LogP contribution in [-0.4, -0.2) is 49.0 Å². The number of hydrogen-bond donors (Lipinski definition) is 0. The third kappa shape index (κ3) is 3.54. The molecule has 0 aliphatic carbocycles. The molecular weight excluding hydrogens is 356 g/mol. The van der Waals surface area contributed by atoms with Crippen LogP contribution in [0.1, 0.15) is 53.1 Å². The fourth-order valence-electron chi connectivity index (χ4n) is 3.45. The number of amides is 1. The summed E-state index contributed by atoms with van der Waals surface area (Å²) in [6.45, 7) is 7.46. The van der Waals surface area contributed by atoms with Gasteiger partial charge in [0.2, 0.25) is 0 Å². The van der Waals surface area contributed by atoms with Crippen LogP contribution in [0.25, 0.3) is 11.6 Å². The molecule has 3 aromatic rings. The molecule has 1 aliphatic heterocycles. The summed E-state index contributed by atoms with van der Waals surface area (Å²) in [6.07, 6.45) is 4.23. The number of aromatic nitrogens is 5. The molecule has 4 rings (SSSR count). The highest BCUT2D eigenvalue weighted by Crippen LogP contribution is 2.25. The number of piperidine rings is 1. The Kier molecular flexibility index (Phi) is 4.93. The SMILES string of the molecule is CCc1noc(-c2cn(C3CCN(C(=O)c4ccc(C)c(C)c4)CC3)nn2)n1. The molecule has 8 heteroatoms. The molecule has 1 amide bonds. The van der Waals surface area contributed by atoms with Crippen molar-refractivity contribution in [2.75, 3.05) is 13.1 Å². The Balaban J connectivity index is 1.40.